The van der Waals surface area contributed by atoms with Crippen molar-refractivity contribution in [1.82, 2.24) is 19.9 Å². The molecule has 0 radical (unpaired) electrons. The molecule has 0 bridgehead atoms. The first kappa shape index (κ1) is 17.1. The summed E-state index contributed by atoms with van der Waals surface area (Å²) in [5, 5.41) is 1.11. The molecular weight excluding hydrogens is 344 g/mol. The van der Waals surface area contributed by atoms with Crippen LogP contribution >= 0.6 is 11.3 Å². The Morgan fingerprint density at radius 3 is 2.58 bits per heavy atom. The van der Waals surface area contributed by atoms with Gasteiger partial charge in [0.25, 0.3) is 0 Å². The predicted octanol–water partition coefficient (Wildman–Crippen LogP) is 5.05. The van der Waals surface area contributed by atoms with Gasteiger partial charge >= 0.3 is 0 Å². The Labute approximate surface area is 156 Å². The first-order valence-corrected chi connectivity index (χ1v) is 9.52. The molecule has 0 aliphatic carbocycles. The van der Waals surface area contributed by atoms with Crippen LogP contribution in [0.1, 0.15) is 51.1 Å². The number of nitrogens with zero attached hydrogens (tertiary/aromatic N) is 4. The fourth-order valence-corrected chi connectivity index (χ4v) is 3.88. The van der Waals surface area contributed by atoms with Gasteiger partial charge in [0.05, 0.1) is 0 Å². The zero-order valence-corrected chi connectivity index (χ0v) is 16.5. The number of hydrogen-bond acceptors (Lipinski definition) is 6. The van der Waals surface area contributed by atoms with E-state index in [9.17, 15) is 0 Å². The smallest absolute Gasteiger partial charge is 0.246 e. The minimum absolute atomic E-state index is 0.0377. The van der Waals surface area contributed by atoms with Crippen molar-refractivity contribution >= 4 is 32.9 Å². The fraction of sp³-hybridized carbons (Fsp3) is 0.400. The van der Waals surface area contributed by atoms with Crippen LogP contribution in [0.4, 0.5) is 0 Å². The number of hydrogen-bond donors (Lipinski definition) is 0. The number of rotatable bonds is 3. The molecule has 0 atom stereocenters. The monoisotopic (exact) mass is 366 g/mol. The van der Waals surface area contributed by atoms with Gasteiger partial charge in [-0.2, -0.15) is 0 Å². The average Bonchev–Trinajstić information content (AvgIpc) is 3.18. The van der Waals surface area contributed by atoms with E-state index < -0.39 is 0 Å². The maximum Gasteiger partial charge on any atom is 0.246 e. The largest absolute Gasteiger partial charge is 0.422 e. The van der Waals surface area contributed by atoms with Gasteiger partial charge < -0.3 is 4.42 Å². The summed E-state index contributed by atoms with van der Waals surface area (Å²) in [5.74, 6) is 0.694. The second-order valence-electron chi connectivity index (χ2n) is 8.34. The van der Waals surface area contributed by atoms with Gasteiger partial charge in [-0.3, -0.25) is 0 Å². The van der Waals surface area contributed by atoms with E-state index in [4.69, 9.17) is 9.40 Å². The Hall–Kier alpha value is -2.34. The van der Waals surface area contributed by atoms with Crippen molar-refractivity contribution in [2.45, 2.75) is 51.9 Å². The normalized spacial score (nSPS) is 13.0. The first-order valence-electron chi connectivity index (χ1n) is 8.70. The van der Waals surface area contributed by atoms with Gasteiger partial charge in [0, 0.05) is 23.2 Å². The summed E-state index contributed by atoms with van der Waals surface area (Å²) in [5.41, 5.74) is 3.24. The third-order valence-corrected chi connectivity index (χ3v) is 5.74. The lowest BCUT2D eigenvalue weighted by Crippen LogP contribution is -2.21. The van der Waals surface area contributed by atoms with E-state index in [1.807, 2.05) is 18.3 Å². The van der Waals surface area contributed by atoms with Crippen LogP contribution in [0, 0.1) is 0 Å². The summed E-state index contributed by atoms with van der Waals surface area (Å²) >= 11 is 1.67. The Bertz CT molecular complexity index is 1060. The second kappa shape index (κ2) is 5.84. The van der Waals surface area contributed by atoms with Gasteiger partial charge in [0.2, 0.25) is 11.6 Å². The topological polar surface area (TPSA) is 64.7 Å². The first-order chi connectivity index (χ1) is 12.2. The second-order valence-corrected chi connectivity index (χ2v) is 9.32. The maximum absolute atomic E-state index is 5.89. The Kier molecular flexibility index (Phi) is 3.84. The molecule has 0 aliphatic rings. The molecule has 0 aliphatic heterocycles. The van der Waals surface area contributed by atoms with Gasteiger partial charge in [-0.1, -0.05) is 46.0 Å². The summed E-state index contributed by atoms with van der Waals surface area (Å²) in [6.45, 7) is 10.8. The molecule has 4 rings (SSSR count). The van der Waals surface area contributed by atoms with Gasteiger partial charge in [-0.25, -0.2) is 19.9 Å². The average molecular weight is 366 g/mol. The number of pyridine rings is 2. The molecule has 26 heavy (non-hydrogen) atoms. The van der Waals surface area contributed by atoms with Crippen LogP contribution in [-0.4, -0.2) is 19.9 Å². The highest BCUT2D eigenvalue weighted by Gasteiger charge is 2.28. The predicted molar refractivity (Wildman–Crippen MR) is 105 cm³/mol. The molecule has 4 heterocycles. The molecule has 0 fully saturated rings. The van der Waals surface area contributed by atoms with Crippen molar-refractivity contribution in [1.29, 1.82) is 0 Å². The fourth-order valence-electron chi connectivity index (χ4n) is 2.93. The summed E-state index contributed by atoms with van der Waals surface area (Å²) in [6.07, 6.45) is 4.43. The summed E-state index contributed by atoms with van der Waals surface area (Å²) in [6, 6.07) is 5.92. The molecule has 4 aromatic heterocycles. The van der Waals surface area contributed by atoms with E-state index in [0.29, 0.717) is 11.6 Å². The van der Waals surface area contributed by atoms with E-state index in [2.05, 4.69) is 55.6 Å². The maximum atomic E-state index is 5.89. The van der Waals surface area contributed by atoms with Crippen LogP contribution in [0.3, 0.4) is 0 Å². The van der Waals surface area contributed by atoms with Gasteiger partial charge in [0.1, 0.15) is 20.9 Å². The zero-order chi connectivity index (χ0) is 18.5. The summed E-state index contributed by atoms with van der Waals surface area (Å²) in [4.78, 5) is 19.3. The van der Waals surface area contributed by atoms with E-state index in [0.717, 1.165) is 32.9 Å². The molecule has 0 saturated carbocycles. The molecule has 0 spiro atoms. The van der Waals surface area contributed by atoms with E-state index in [-0.39, 0.29) is 10.8 Å². The molecule has 6 heteroatoms. The van der Waals surface area contributed by atoms with E-state index in [1.54, 1.807) is 17.5 Å². The molecule has 5 nitrogen and oxygen atoms in total. The molecule has 0 unspecified atom stereocenters. The van der Waals surface area contributed by atoms with Gasteiger partial charge in [-0.05, 0) is 30.2 Å². The number of thiazole rings is 1. The van der Waals surface area contributed by atoms with Crippen LogP contribution in [0.15, 0.2) is 35.0 Å². The third kappa shape index (κ3) is 3.09. The lowest BCUT2D eigenvalue weighted by molar-refractivity contribution is 0.378. The molecule has 0 N–H and O–H groups in total. The summed E-state index contributed by atoms with van der Waals surface area (Å²) < 4.78 is 5.89. The highest BCUT2D eigenvalue weighted by Crippen LogP contribution is 2.33. The molecule has 4 aromatic rings. The summed E-state index contributed by atoms with van der Waals surface area (Å²) in [7, 11) is 0. The Morgan fingerprint density at radius 2 is 1.85 bits per heavy atom. The third-order valence-electron chi connectivity index (χ3n) is 4.34. The number of aromatic nitrogens is 4. The zero-order valence-electron chi connectivity index (χ0n) is 15.7. The molecular formula is C20H22N4OS. The van der Waals surface area contributed by atoms with E-state index in [1.165, 1.54) is 0 Å². The molecule has 0 amide bonds. The van der Waals surface area contributed by atoms with Crippen molar-refractivity contribution in [2.75, 3.05) is 0 Å². The van der Waals surface area contributed by atoms with Crippen LogP contribution in [-0.2, 0) is 17.3 Å². The van der Waals surface area contributed by atoms with Crippen molar-refractivity contribution < 1.29 is 4.42 Å². The lowest BCUT2D eigenvalue weighted by atomic mass is 9.86. The highest BCUT2D eigenvalue weighted by atomic mass is 32.1. The van der Waals surface area contributed by atoms with Gasteiger partial charge in [-0.15, -0.1) is 0 Å². The standard InChI is InChI=1S/C20H22N4OS/c1-19(2,3)18-24-14-9-12(11-22-16(14)26-18)10-20(4,5)17-23-13-7-6-8-21-15(13)25-17/h6-9,11H,10H2,1-5H3. The van der Waals surface area contributed by atoms with Crippen LogP contribution in [0.5, 0.6) is 0 Å². The SMILES string of the molecule is CC(C)(C)c1nc2cc(CC(C)(C)c3nc4cccnc4o3)cnc2s1. The molecule has 134 valence electrons. The Balaban J connectivity index is 1.66. The number of oxazole rings is 1. The van der Waals surface area contributed by atoms with E-state index >= 15 is 0 Å². The molecule has 0 aromatic carbocycles. The van der Waals surface area contributed by atoms with Crippen molar-refractivity contribution in [3.63, 3.8) is 0 Å². The minimum atomic E-state index is -0.265. The minimum Gasteiger partial charge on any atom is -0.422 e. The van der Waals surface area contributed by atoms with Crippen LogP contribution < -0.4 is 0 Å². The van der Waals surface area contributed by atoms with Crippen LogP contribution in [0.2, 0.25) is 0 Å². The van der Waals surface area contributed by atoms with Crippen molar-refractivity contribution in [3.05, 3.63) is 47.1 Å². The van der Waals surface area contributed by atoms with Gasteiger partial charge in [0.15, 0.2) is 0 Å². The Morgan fingerprint density at radius 1 is 1.04 bits per heavy atom. The van der Waals surface area contributed by atoms with Crippen LogP contribution in [0.25, 0.3) is 21.6 Å². The quantitative estimate of drug-likeness (QED) is 0.508. The van der Waals surface area contributed by atoms with Crippen molar-refractivity contribution in [2.24, 2.45) is 0 Å². The number of fused-ring (bicyclic) bond motifs is 2. The highest BCUT2D eigenvalue weighted by molar-refractivity contribution is 7.18. The lowest BCUT2D eigenvalue weighted by Gasteiger charge is -2.20. The molecule has 0 saturated heterocycles. The van der Waals surface area contributed by atoms with Crippen molar-refractivity contribution in [3.8, 4) is 0 Å².